The Morgan fingerprint density at radius 3 is 2.56 bits per heavy atom. The van der Waals surface area contributed by atoms with E-state index in [4.69, 9.17) is 4.74 Å². The highest BCUT2D eigenvalue weighted by atomic mass is 16.5. The predicted molar refractivity (Wildman–Crippen MR) is 66.2 cm³/mol. The summed E-state index contributed by atoms with van der Waals surface area (Å²) in [4.78, 5) is 0. The Labute approximate surface area is 105 Å². The molecule has 1 heterocycles. The molecule has 0 spiro atoms. The summed E-state index contributed by atoms with van der Waals surface area (Å²) in [6.45, 7) is 0. The van der Waals surface area contributed by atoms with E-state index in [-0.39, 0.29) is 5.75 Å². The number of rotatable bonds is 1. The van der Waals surface area contributed by atoms with Gasteiger partial charge in [-0.15, -0.1) is 0 Å². The van der Waals surface area contributed by atoms with Gasteiger partial charge in [0.1, 0.15) is 17.6 Å². The summed E-state index contributed by atoms with van der Waals surface area (Å²) < 4.78 is 5.79. The predicted octanol–water partition coefficient (Wildman–Crippen LogP) is 2.75. The minimum absolute atomic E-state index is 0.0897. The number of benzene rings is 2. The summed E-state index contributed by atoms with van der Waals surface area (Å²) in [7, 11) is 0. The molecule has 0 saturated carbocycles. The maximum Gasteiger partial charge on any atom is 0.227 e. The van der Waals surface area contributed by atoms with Crippen LogP contribution in [0.5, 0.6) is 11.5 Å². The Balaban J connectivity index is 2.12. The maximum atomic E-state index is 9.92. The van der Waals surface area contributed by atoms with Crippen molar-refractivity contribution in [3.8, 4) is 17.6 Å². The van der Waals surface area contributed by atoms with Gasteiger partial charge in [0.2, 0.25) is 5.60 Å². The molecule has 0 aliphatic carbocycles. The molecule has 0 saturated heterocycles. The monoisotopic (exact) mass is 237 g/mol. The molecule has 3 heteroatoms. The van der Waals surface area contributed by atoms with Crippen molar-refractivity contribution in [1.29, 1.82) is 5.26 Å². The van der Waals surface area contributed by atoms with Gasteiger partial charge >= 0.3 is 0 Å². The molecule has 2 aromatic rings. The van der Waals surface area contributed by atoms with Crippen molar-refractivity contribution in [3.63, 3.8) is 0 Å². The zero-order chi connectivity index (χ0) is 12.6. The van der Waals surface area contributed by atoms with Crippen LogP contribution >= 0.6 is 0 Å². The van der Waals surface area contributed by atoms with E-state index in [1.165, 1.54) is 0 Å². The lowest BCUT2D eigenvalue weighted by atomic mass is 9.90. The molecule has 1 aliphatic rings. The van der Waals surface area contributed by atoms with E-state index in [0.29, 0.717) is 17.7 Å². The first-order chi connectivity index (χ1) is 8.75. The second-order valence-corrected chi connectivity index (χ2v) is 4.34. The van der Waals surface area contributed by atoms with Crippen LogP contribution < -0.4 is 4.74 Å². The smallest absolute Gasteiger partial charge is 0.227 e. The molecular weight excluding hydrogens is 226 g/mol. The number of nitriles is 1. The number of hydrogen-bond donors (Lipinski definition) is 1. The number of phenols is 1. The van der Waals surface area contributed by atoms with Crippen molar-refractivity contribution in [2.75, 3.05) is 0 Å². The summed E-state index contributed by atoms with van der Waals surface area (Å²) in [6.07, 6.45) is 0.456. The van der Waals surface area contributed by atoms with Crippen LogP contribution in [0.4, 0.5) is 0 Å². The van der Waals surface area contributed by atoms with Gasteiger partial charge in [-0.25, -0.2) is 0 Å². The molecule has 1 N–H and O–H groups in total. The molecule has 0 radical (unpaired) electrons. The molecule has 0 bridgehead atoms. The van der Waals surface area contributed by atoms with Gasteiger partial charge in [0.05, 0.1) is 5.56 Å². The third-order valence-corrected chi connectivity index (χ3v) is 3.22. The van der Waals surface area contributed by atoms with Gasteiger partial charge in [-0.2, -0.15) is 5.26 Å². The number of nitrogens with zero attached hydrogens (tertiary/aromatic N) is 1. The molecule has 1 aliphatic heterocycles. The third-order valence-electron chi connectivity index (χ3n) is 3.22. The van der Waals surface area contributed by atoms with Crippen LogP contribution in [0, 0.1) is 11.3 Å². The fourth-order valence-corrected chi connectivity index (χ4v) is 2.33. The van der Waals surface area contributed by atoms with Crippen LogP contribution in [-0.2, 0) is 12.0 Å². The topological polar surface area (TPSA) is 53.2 Å². The van der Waals surface area contributed by atoms with E-state index >= 15 is 0 Å². The van der Waals surface area contributed by atoms with Crippen molar-refractivity contribution >= 4 is 0 Å². The zero-order valence-electron chi connectivity index (χ0n) is 9.63. The summed E-state index contributed by atoms with van der Waals surface area (Å²) in [5.74, 6) is 0.800. The summed E-state index contributed by atoms with van der Waals surface area (Å²) in [5.41, 5.74) is 0.390. The van der Waals surface area contributed by atoms with Crippen molar-refractivity contribution in [2.45, 2.75) is 12.0 Å². The van der Waals surface area contributed by atoms with Crippen LogP contribution in [0.15, 0.2) is 48.5 Å². The first-order valence-corrected chi connectivity index (χ1v) is 5.72. The molecule has 2 aromatic carbocycles. The fraction of sp³-hybridized carbons (Fsp3) is 0.133. The largest absolute Gasteiger partial charge is 0.507 e. The molecule has 3 rings (SSSR count). The van der Waals surface area contributed by atoms with E-state index in [0.717, 1.165) is 5.56 Å². The van der Waals surface area contributed by atoms with Gasteiger partial charge in [-0.1, -0.05) is 36.4 Å². The minimum Gasteiger partial charge on any atom is -0.507 e. The number of para-hydroxylation sites is 2. The Hall–Kier alpha value is -2.47. The molecule has 0 fully saturated rings. The van der Waals surface area contributed by atoms with Crippen molar-refractivity contribution < 1.29 is 9.84 Å². The van der Waals surface area contributed by atoms with Gasteiger partial charge in [-0.3, -0.25) is 0 Å². The number of phenolic OH excluding ortho intramolecular Hbond substituents is 1. The number of aromatic hydroxyl groups is 1. The highest BCUT2D eigenvalue weighted by Gasteiger charge is 2.43. The normalized spacial score (nSPS) is 20.8. The minimum atomic E-state index is -1.12. The highest BCUT2D eigenvalue weighted by Crippen LogP contribution is 2.43. The standard InChI is InChI=1S/C15H11NO2/c16-10-15(12-6-2-3-7-13(12)17)9-11-5-1-4-8-14(11)18-15/h1-8,17H,9H2. The van der Waals surface area contributed by atoms with E-state index in [1.54, 1.807) is 24.3 Å². The SMILES string of the molecule is N#CC1(c2ccccc2O)Cc2ccccc2O1. The Kier molecular flexibility index (Phi) is 2.24. The number of ether oxygens (including phenoxy) is 1. The lowest BCUT2D eigenvalue weighted by molar-refractivity contribution is 0.154. The molecule has 88 valence electrons. The lowest BCUT2D eigenvalue weighted by Crippen LogP contribution is -2.29. The fourth-order valence-electron chi connectivity index (χ4n) is 2.33. The Bertz CT molecular complexity index is 618. The first-order valence-electron chi connectivity index (χ1n) is 5.72. The molecule has 3 nitrogen and oxygen atoms in total. The van der Waals surface area contributed by atoms with E-state index < -0.39 is 5.60 Å². The second kappa shape index (κ2) is 3.78. The average molecular weight is 237 g/mol. The summed E-state index contributed by atoms with van der Waals surface area (Å²) in [5, 5.41) is 19.4. The third kappa shape index (κ3) is 1.43. The number of fused-ring (bicyclic) bond motifs is 1. The van der Waals surface area contributed by atoms with Gasteiger partial charge in [-0.05, 0) is 17.7 Å². The first kappa shape index (κ1) is 10.7. The van der Waals surface area contributed by atoms with Crippen LogP contribution in [0.1, 0.15) is 11.1 Å². The maximum absolute atomic E-state index is 9.92. The summed E-state index contributed by atoms with van der Waals surface area (Å²) in [6, 6.07) is 16.6. The van der Waals surface area contributed by atoms with Crippen LogP contribution in [0.2, 0.25) is 0 Å². The van der Waals surface area contributed by atoms with Crippen LogP contribution in [0.3, 0.4) is 0 Å². The van der Waals surface area contributed by atoms with Crippen molar-refractivity contribution in [3.05, 3.63) is 59.7 Å². The molecule has 0 amide bonds. The molecule has 18 heavy (non-hydrogen) atoms. The van der Waals surface area contributed by atoms with Crippen LogP contribution in [-0.4, -0.2) is 5.11 Å². The van der Waals surface area contributed by atoms with Gasteiger partial charge in [0, 0.05) is 6.42 Å². The zero-order valence-corrected chi connectivity index (χ0v) is 9.63. The Morgan fingerprint density at radius 2 is 1.83 bits per heavy atom. The van der Waals surface area contributed by atoms with Crippen molar-refractivity contribution in [1.82, 2.24) is 0 Å². The second-order valence-electron chi connectivity index (χ2n) is 4.34. The molecule has 1 unspecified atom stereocenters. The number of hydrogen-bond acceptors (Lipinski definition) is 3. The average Bonchev–Trinajstić information content (AvgIpc) is 2.79. The Morgan fingerprint density at radius 1 is 1.11 bits per heavy atom. The molecular formula is C15H11NO2. The quantitative estimate of drug-likeness (QED) is 0.829. The van der Waals surface area contributed by atoms with Crippen LogP contribution in [0.25, 0.3) is 0 Å². The molecule has 0 aromatic heterocycles. The van der Waals surface area contributed by atoms with Gasteiger partial charge in [0.15, 0.2) is 0 Å². The lowest BCUT2D eigenvalue weighted by Gasteiger charge is -2.22. The van der Waals surface area contributed by atoms with Crippen molar-refractivity contribution in [2.24, 2.45) is 0 Å². The van der Waals surface area contributed by atoms with E-state index in [1.807, 2.05) is 24.3 Å². The summed E-state index contributed by atoms with van der Waals surface area (Å²) >= 11 is 0. The highest BCUT2D eigenvalue weighted by molar-refractivity contribution is 5.49. The van der Waals surface area contributed by atoms with E-state index in [2.05, 4.69) is 6.07 Å². The van der Waals surface area contributed by atoms with E-state index in [9.17, 15) is 10.4 Å². The molecule has 1 atom stereocenters. The van der Waals surface area contributed by atoms with Gasteiger partial charge < -0.3 is 9.84 Å². The van der Waals surface area contributed by atoms with Gasteiger partial charge in [0.25, 0.3) is 0 Å².